The molecule has 0 radical (unpaired) electrons. The van der Waals surface area contributed by atoms with Gasteiger partial charge in [-0.2, -0.15) is 0 Å². The number of aliphatic imine (C=N–C) groups is 1. The third-order valence-corrected chi connectivity index (χ3v) is 2.24. The van der Waals surface area contributed by atoms with Crippen LogP contribution in [0.1, 0.15) is 0 Å². The maximum Gasteiger partial charge on any atom is 0.271 e. The lowest BCUT2D eigenvalue weighted by Gasteiger charge is -1.95. The predicted octanol–water partition coefficient (Wildman–Crippen LogP) is 1.08. The number of H-pyrrole nitrogens is 2. The van der Waals surface area contributed by atoms with Crippen LogP contribution in [0, 0.1) is 0 Å². The standard InChI is InChI=1S/C9H9ClN4O/c10-4-8(11)12-5-1-2-7-6(3-5)9(15)14-13-7/h1-3H,4H2,(H2,11,12)(H2,13,14,15). The molecular formula is C9H9ClN4O. The highest BCUT2D eigenvalue weighted by Gasteiger charge is 2.01. The Morgan fingerprint density at radius 2 is 2.27 bits per heavy atom. The van der Waals surface area contributed by atoms with Crippen LogP contribution in [0.4, 0.5) is 5.69 Å². The molecule has 4 N–H and O–H groups in total. The zero-order valence-electron chi connectivity index (χ0n) is 7.75. The first kappa shape index (κ1) is 9.79. The van der Waals surface area contributed by atoms with Crippen LogP contribution in [0.15, 0.2) is 28.0 Å². The lowest BCUT2D eigenvalue weighted by molar-refractivity contribution is 1.08. The average Bonchev–Trinajstić information content (AvgIpc) is 2.60. The van der Waals surface area contributed by atoms with Crippen LogP contribution in [0.25, 0.3) is 10.9 Å². The highest BCUT2D eigenvalue weighted by molar-refractivity contribution is 6.28. The van der Waals surface area contributed by atoms with Gasteiger partial charge in [-0.15, -0.1) is 11.6 Å². The van der Waals surface area contributed by atoms with E-state index >= 15 is 0 Å². The lowest BCUT2D eigenvalue weighted by atomic mass is 10.2. The van der Waals surface area contributed by atoms with Crippen molar-refractivity contribution in [1.82, 2.24) is 10.2 Å². The van der Waals surface area contributed by atoms with Crippen LogP contribution in [-0.2, 0) is 0 Å². The first-order valence-corrected chi connectivity index (χ1v) is 4.83. The van der Waals surface area contributed by atoms with Gasteiger partial charge in [-0.3, -0.25) is 15.0 Å². The highest BCUT2D eigenvalue weighted by Crippen LogP contribution is 2.16. The Balaban J connectivity index is 2.55. The third kappa shape index (κ3) is 1.87. The van der Waals surface area contributed by atoms with Crippen molar-refractivity contribution in [3.8, 4) is 0 Å². The number of nitrogens with one attached hydrogen (secondary N) is 2. The fraction of sp³-hybridized carbons (Fsp3) is 0.111. The molecule has 6 heteroatoms. The van der Waals surface area contributed by atoms with Crippen LogP contribution in [0.2, 0.25) is 0 Å². The van der Waals surface area contributed by atoms with Gasteiger partial charge in [0.25, 0.3) is 5.56 Å². The van der Waals surface area contributed by atoms with Crippen LogP contribution >= 0.6 is 11.6 Å². The van der Waals surface area contributed by atoms with Crippen LogP contribution in [0.3, 0.4) is 0 Å². The van der Waals surface area contributed by atoms with E-state index in [0.29, 0.717) is 16.9 Å². The van der Waals surface area contributed by atoms with E-state index in [0.717, 1.165) is 5.52 Å². The molecule has 0 atom stereocenters. The molecular weight excluding hydrogens is 216 g/mol. The summed E-state index contributed by atoms with van der Waals surface area (Å²) < 4.78 is 0. The maximum absolute atomic E-state index is 11.3. The molecule has 2 aromatic rings. The molecule has 0 amide bonds. The monoisotopic (exact) mass is 224 g/mol. The van der Waals surface area contributed by atoms with Crippen molar-refractivity contribution in [2.75, 3.05) is 5.88 Å². The van der Waals surface area contributed by atoms with Gasteiger partial charge in [-0.25, -0.2) is 4.99 Å². The fourth-order valence-electron chi connectivity index (χ4n) is 1.29. The zero-order chi connectivity index (χ0) is 10.8. The molecule has 1 heterocycles. The van der Waals surface area contributed by atoms with E-state index in [1.165, 1.54) is 0 Å². The van der Waals surface area contributed by atoms with E-state index in [2.05, 4.69) is 15.2 Å². The van der Waals surface area contributed by atoms with Crippen LogP contribution < -0.4 is 11.3 Å². The summed E-state index contributed by atoms with van der Waals surface area (Å²) in [5, 5.41) is 5.78. The van der Waals surface area contributed by atoms with E-state index in [4.69, 9.17) is 17.3 Å². The number of amidine groups is 1. The summed E-state index contributed by atoms with van der Waals surface area (Å²) in [6.07, 6.45) is 0. The largest absolute Gasteiger partial charge is 0.386 e. The number of nitrogens with two attached hydrogens (primary N) is 1. The number of halogens is 1. The molecule has 1 aromatic heterocycles. The Morgan fingerprint density at radius 3 is 3.00 bits per heavy atom. The smallest absolute Gasteiger partial charge is 0.271 e. The van der Waals surface area contributed by atoms with Gasteiger partial charge >= 0.3 is 0 Å². The van der Waals surface area contributed by atoms with Crippen LogP contribution in [-0.4, -0.2) is 21.9 Å². The molecule has 0 bridgehead atoms. The second-order valence-corrected chi connectivity index (χ2v) is 3.31. The molecule has 0 saturated carbocycles. The zero-order valence-corrected chi connectivity index (χ0v) is 8.51. The first-order chi connectivity index (χ1) is 7.20. The predicted molar refractivity (Wildman–Crippen MR) is 60.9 cm³/mol. The van der Waals surface area contributed by atoms with E-state index in [1.807, 2.05) is 0 Å². The summed E-state index contributed by atoms with van der Waals surface area (Å²) in [5.41, 5.74) is 6.67. The molecule has 15 heavy (non-hydrogen) atoms. The van der Waals surface area contributed by atoms with Gasteiger partial charge in [-0.1, -0.05) is 0 Å². The summed E-state index contributed by atoms with van der Waals surface area (Å²) >= 11 is 5.50. The number of benzene rings is 1. The van der Waals surface area contributed by atoms with E-state index in [9.17, 15) is 4.79 Å². The molecule has 0 unspecified atom stereocenters. The maximum atomic E-state index is 11.3. The summed E-state index contributed by atoms with van der Waals surface area (Å²) in [6, 6.07) is 5.17. The number of rotatable bonds is 2. The number of aromatic nitrogens is 2. The van der Waals surface area contributed by atoms with Crippen molar-refractivity contribution >= 4 is 34.0 Å². The minimum absolute atomic E-state index is 0.168. The van der Waals surface area contributed by atoms with Crippen molar-refractivity contribution in [2.24, 2.45) is 10.7 Å². The average molecular weight is 225 g/mol. The Morgan fingerprint density at radius 1 is 1.47 bits per heavy atom. The topological polar surface area (TPSA) is 87.0 Å². The molecule has 5 nitrogen and oxygen atoms in total. The molecule has 2 rings (SSSR count). The second-order valence-electron chi connectivity index (χ2n) is 3.05. The van der Waals surface area contributed by atoms with Crippen LogP contribution in [0.5, 0.6) is 0 Å². The molecule has 0 fully saturated rings. The molecule has 1 aromatic carbocycles. The molecule has 78 valence electrons. The second kappa shape index (κ2) is 3.78. The van der Waals surface area contributed by atoms with E-state index in [1.54, 1.807) is 18.2 Å². The number of hydrogen-bond donors (Lipinski definition) is 3. The Bertz CT molecular complexity index is 569. The quantitative estimate of drug-likeness (QED) is 0.405. The lowest BCUT2D eigenvalue weighted by Crippen LogP contribution is -2.12. The van der Waals surface area contributed by atoms with Gasteiger partial charge < -0.3 is 5.73 Å². The number of alkyl halides is 1. The van der Waals surface area contributed by atoms with Gasteiger partial charge in [-0.05, 0) is 18.2 Å². The summed E-state index contributed by atoms with van der Waals surface area (Å²) in [4.78, 5) is 15.3. The van der Waals surface area contributed by atoms with Crippen molar-refractivity contribution in [2.45, 2.75) is 0 Å². The minimum Gasteiger partial charge on any atom is -0.386 e. The van der Waals surface area contributed by atoms with E-state index < -0.39 is 0 Å². The van der Waals surface area contributed by atoms with Crippen molar-refractivity contribution in [3.05, 3.63) is 28.6 Å². The summed E-state index contributed by atoms with van der Waals surface area (Å²) in [6.45, 7) is 0. The van der Waals surface area contributed by atoms with Crippen molar-refractivity contribution < 1.29 is 0 Å². The van der Waals surface area contributed by atoms with Gasteiger partial charge in [0.2, 0.25) is 0 Å². The summed E-state index contributed by atoms with van der Waals surface area (Å²) in [5.74, 6) is 0.490. The van der Waals surface area contributed by atoms with Crippen molar-refractivity contribution in [3.63, 3.8) is 0 Å². The molecule has 0 spiro atoms. The number of nitrogens with zero attached hydrogens (tertiary/aromatic N) is 1. The van der Waals surface area contributed by atoms with Gasteiger partial charge in [0.15, 0.2) is 0 Å². The van der Waals surface area contributed by atoms with Gasteiger partial charge in [0.1, 0.15) is 5.84 Å². The normalized spacial score (nSPS) is 12.2. The molecule has 0 aliphatic carbocycles. The Kier molecular flexibility index (Phi) is 2.47. The summed E-state index contributed by atoms with van der Waals surface area (Å²) in [7, 11) is 0. The number of aromatic amines is 2. The molecule has 0 aliphatic heterocycles. The Hall–Kier alpha value is -1.75. The number of hydrogen-bond acceptors (Lipinski definition) is 2. The first-order valence-electron chi connectivity index (χ1n) is 4.30. The third-order valence-electron chi connectivity index (χ3n) is 1.97. The van der Waals surface area contributed by atoms with Gasteiger partial charge in [0, 0.05) is 0 Å². The van der Waals surface area contributed by atoms with Gasteiger partial charge in [0.05, 0.1) is 22.5 Å². The molecule has 0 saturated heterocycles. The fourth-order valence-corrected chi connectivity index (χ4v) is 1.35. The minimum atomic E-state index is -0.175. The SMILES string of the molecule is NC(CCl)=Nc1ccc2[nH][nH]c(=O)c2c1. The van der Waals surface area contributed by atoms with E-state index in [-0.39, 0.29) is 11.4 Å². The highest BCUT2D eigenvalue weighted by atomic mass is 35.5. The molecule has 0 aliphatic rings. The Labute approximate surface area is 89.9 Å². The number of fused-ring (bicyclic) bond motifs is 1. The van der Waals surface area contributed by atoms with Crippen molar-refractivity contribution in [1.29, 1.82) is 0 Å².